The number of nitrogens with zero attached hydrogens (tertiary/aromatic N) is 2. The van der Waals surface area contributed by atoms with Crippen LogP contribution in [0, 0.1) is 11.8 Å². The smallest absolute Gasteiger partial charge is 0.258 e. The van der Waals surface area contributed by atoms with Crippen molar-refractivity contribution >= 4 is 17.9 Å². The number of aliphatic hydroxyl groups is 1. The van der Waals surface area contributed by atoms with Crippen molar-refractivity contribution in [2.24, 2.45) is 11.8 Å². The molecule has 0 bridgehead atoms. The molecule has 7 heteroatoms. The van der Waals surface area contributed by atoms with E-state index in [0.717, 1.165) is 11.3 Å². The molecule has 2 N–H and O–H groups in total. The maximum absolute atomic E-state index is 13.2. The highest BCUT2D eigenvalue weighted by molar-refractivity contribution is 5.88. The molecule has 1 aromatic carbocycles. The first-order valence-corrected chi connectivity index (χ1v) is 11.1. The van der Waals surface area contributed by atoms with Crippen molar-refractivity contribution in [2.45, 2.75) is 38.9 Å². The number of carbonyl (C=O) groups excluding carboxylic acids is 2. The van der Waals surface area contributed by atoms with Crippen LogP contribution in [0.25, 0.3) is 6.08 Å². The molecule has 2 aliphatic heterocycles. The molecular formula is C25H29N3O4. The Morgan fingerprint density at radius 1 is 1.19 bits per heavy atom. The summed E-state index contributed by atoms with van der Waals surface area (Å²) in [5.74, 6) is -1.13. The van der Waals surface area contributed by atoms with Crippen molar-refractivity contribution < 1.29 is 14.7 Å². The summed E-state index contributed by atoms with van der Waals surface area (Å²) in [6, 6.07) is 12.3. The summed E-state index contributed by atoms with van der Waals surface area (Å²) < 4.78 is 1.69. The van der Waals surface area contributed by atoms with Gasteiger partial charge < -0.3 is 19.9 Å². The molecule has 2 aromatic rings. The van der Waals surface area contributed by atoms with Crippen molar-refractivity contribution in [3.63, 3.8) is 0 Å². The minimum Gasteiger partial charge on any atom is -0.396 e. The summed E-state index contributed by atoms with van der Waals surface area (Å²) in [6.45, 7) is 3.89. The minimum absolute atomic E-state index is 0.112. The first kappa shape index (κ1) is 22.0. The number of benzene rings is 1. The van der Waals surface area contributed by atoms with Crippen molar-refractivity contribution in [2.75, 3.05) is 13.2 Å². The molecule has 3 heterocycles. The van der Waals surface area contributed by atoms with Crippen LogP contribution in [0.1, 0.15) is 36.7 Å². The van der Waals surface area contributed by atoms with Gasteiger partial charge in [0.25, 0.3) is 5.56 Å². The second-order valence-corrected chi connectivity index (χ2v) is 8.48. The summed E-state index contributed by atoms with van der Waals surface area (Å²) in [5.41, 5.74) is 2.31. The van der Waals surface area contributed by atoms with Gasteiger partial charge in [0, 0.05) is 49.7 Å². The van der Waals surface area contributed by atoms with Gasteiger partial charge in [-0.1, -0.05) is 42.5 Å². The van der Waals surface area contributed by atoms with Crippen molar-refractivity contribution in [1.82, 2.24) is 14.8 Å². The third-order valence-electron chi connectivity index (χ3n) is 6.64. The van der Waals surface area contributed by atoms with Crippen LogP contribution in [-0.2, 0) is 22.6 Å². The molecule has 0 unspecified atom stereocenters. The summed E-state index contributed by atoms with van der Waals surface area (Å²) >= 11 is 0. The van der Waals surface area contributed by atoms with Gasteiger partial charge in [0.05, 0.1) is 6.04 Å². The molecule has 1 saturated heterocycles. The second kappa shape index (κ2) is 9.12. The number of amides is 2. The van der Waals surface area contributed by atoms with Gasteiger partial charge in [0.1, 0.15) is 6.04 Å². The number of likely N-dealkylation sites (tertiary alicyclic amines) is 1. The van der Waals surface area contributed by atoms with Crippen molar-refractivity contribution in [3.05, 3.63) is 75.7 Å². The predicted molar refractivity (Wildman–Crippen MR) is 122 cm³/mol. The summed E-state index contributed by atoms with van der Waals surface area (Å²) in [5, 5.41) is 13.2. The molecule has 2 aliphatic rings. The van der Waals surface area contributed by atoms with Crippen molar-refractivity contribution in [1.29, 1.82) is 0 Å². The average molecular weight is 436 g/mol. The quantitative estimate of drug-likeness (QED) is 0.723. The Hall–Kier alpha value is -3.19. The van der Waals surface area contributed by atoms with E-state index in [0.29, 0.717) is 25.1 Å². The average Bonchev–Trinajstić information content (AvgIpc) is 3.31. The zero-order chi connectivity index (χ0) is 22.8. The lowest BCUT2D eigenvalue weighted by atomic mass is 9.88. The van der Waals surface area contributed by atoms with Crippen molar-refractivity contribution in [3.8, 4) is 0 Å². The van der Waals surface area contributed by atoms with Gasteiger partial charge >= 0.3 is 0 Å². The molecule has 1 aromatic heterocycles. The maximum atomic E-state index is 13.2. The predicted octanol–water partition coefficient (Wildman–Crippen LogP) is 1.75. The highest BCUT2D eigenvalue weighted by Crippen LogP contribution is 2.49. The van der Waals surface area contributed by atoms with E-state index in [-0.39, 0.29) is 29.9 Å². The number of pyridine rings is 1. The molecule has 7 nitrogen and oxygen atoms in total. The number of aromatic nitrogens is 1. The highest BCUT2D eigenvalue weighted by atomic mass is 16.3. The van der Waals surface area contributed by atoms with E-state index < -0.39 is 18.0 Å². The molecule has 168 valence electrons. The number of aliphatic hydroxyl groups excluding tert-OH is 1. The minimum atomic E-state index is -0.762. The first-order valence-electron chi connectivity index (χ1n) is 11.1. The van der Waals surface area contributed by atoms with E-state index in [9.17, 15) is 19.5 Å². The van der Waals surface area contributed by atoms with Crippen LogP contribution >= 0.6 is 0 Å². The van der Waals surface area contributed by atoms with Gasteiger partial charge in [-0.3, -0.25) is 14.4 Å². The number of nitrogens with one attached hydrogen (secondary N) is 1. The Morgan fingerprint density at radius 3 is 2.59 bits per heavy atom. The molecule has 32 heavy (non-hydrogen) atoms. The van der Waals surface area contributed by atoms with Gasteiger partial charge in [0.15, 0.2) is 0 Å². The number of hydrogen-bond acceptors (Lipinski definition) is 4. The van der Waals surface area contributed by atoms with Crippen LogP contribution in [0.15, 0.2) is 53.3 Å². The lowest BCUT2D eigenvalue weighted by Gasteiger charge is -2.30. The van der Waals surface area contributed by atoms with Crippen LogP contribution in [0.3, 0.4) is 0 Å². The summed E-state index contributed by atoms with van der Waals surface area (Å²) in [7, 11) is 0. The number of allylic oxidation sites excluding steroid dienone is 1. The zero-order valence-corrected chi connectivity index (χ0v) is 18.4. The Morgan fingerprint density at radius 2 is 1.94 bits per heavy atom. The van der Waals surface area contributed by atoms with Crippen LogP contribution in [0.2, 0.25) is 0 Å². The molecule has 2 amide bonds. The number of hydrogen-bond donors (Lipinski definition) is 2. The Labute approximate surface area is 187 Å². The zero-order valence-electron chi connectivity index (χ0n) is 18.4. The van der Waals surface area contributed by atoms with Gasteiger partial charge in [-0.2, -0.15) is 0 Å². The van der Waals surface area contributed by atoms with E-state index in [4.69, 9.17) is 0 Å². The number of fused-ring (bicyclic) bond motifs is 3. The molecule has 4 rings (SSSR count). The van der Waals surface area contributed by atoms with Gasteiger partial charge in [0.2, 0.25) is 11.8 Å². The fourth-order valence-corrected chi connectivity index (χ4v) is 5.25. The molecule has 4 atom stereocenters. The first-order chi connectivity index (χ1) is 15.5. The molecule has 0 aliphatic carbocycles. The van der Waals surface area contributed by atoms with E-state index in [1.165, 1.54) is 6.92 Å². The molecular weight excluding hydrogens is 406 g/mol. The monoisotopic (exact) mass is 435 g/mol. The van der Waals surface area contributed by atoms with E-state index in [1.807, 2.05) is 49.4 Å². The van der Waals surface area contributed by atoms with Crippen LogP contribution in [0.5, 0.6) is 0 Å². The Kier molecular flexibility index (Phi) is 6.28. The molecule has 0 spiro atoms. The van der Waals surface area contributed by atoms with Crippen LogP contribution in [-0.4, -0.2) is 45.6 Å². The molecule has 0 radical (unpaired) electrons. The fraction of sp³-hybridized carbons (Fsp3) is 0.400. The lowest BCUT2D eigenvalue weighted by Crippen LogP contribution is -2.50. The Bertz CT molecular complexity index is 1090. The second-order valence-electron chi connectivity index (χ2n) is 8.48. The van der Waals surface area contributed by atoms with Gasteiger partial charge in [-0.05, 0) is 31.0 Å². The van der Waals surface area contributed by atoms with Crippen LogP contribution < -0.4 is 10.9 Å². The Balaban J connectivity index is 1.60. The van der Waals surface area contributed by atoms with E-state index in [2.05, 4.69) is 5.32 Å². The summed E-state index contributed by atoms with van der Waals surface area (Å²) in [6.07, 6.45) is 4.26. The van der Waals surface area contributed by atoms with E-state index >= 15 is 0 Å². The largest absolute Gasteiger partial charge is 0.396 e. The van der Waals surface area contributed by atoms with Gasteiger partial charge in [-0.15, -0.1) is 0 Å². The third-order valence-corrected chi connectivity index (χ3v) is 6.64. The molecule has 1 fully saturated rings. The standard InChI is InChI=1S/C25H29N3O4/c1-3-7-18-10-11-21-22-19(14-27(21)25(18)32)20(15-29)23(28(22)16(2)30)24(31)26-13-12-17-8-5-4-6-9-17/h3-11,19-20,22-23,29H,12-15H2,1-2H3,(H,26,31)/b7-3+/t19-,20-,22+,23-/m1/s1. The molecule has 0 saturated carbocycles. The van der Waals surface area contributed by atoms with Gasteiger partial charge in [-0.25, -0.2) is 0 Å². The fourth-order valence-electron chi connectivity index (χ4n) is 5.25. The van der Waals surface area contributed by atoms with Crippen LogP contribution in [0.4, 0.5) is 0 Å². The maximum Gasteiger partial charge on any atom is 0.258 e. The number of rotatable bonds is 6. The number of carbonyl (C=O) groups is 2. The lowest BCUT2D eigenvalue weighted by molar-refractivity contribution is -0.140. The highest BCUT2D eigenvalue weighted by Gasteiger charge is 2.56. The van der Waals surface area contributed by atoms with E-state index in [1.54, 1.807) is 21.6 Å². The normalized spacial score (nSPS) is 23.9. The third kappa shape index (κ3) is 3.77. The topological polar surface area (TPSA) is 91.6 Å². The summed E-state index contributed by atoms with van der Waals surface area (Å²) in [4.78, 5) is 40.3. The SMILES string of the molecule is C/C=C/c1ccc2n(c1=O)C[C@@H]1[C@@H](CO)[C@H](C(=O)NCCc3ccccc3)N(C(C)=O)[C@H]21.